The lowest BCUT2D eigenvalue weighted by Crippen LogP contribution is -2.18. The van der Waals surface area contributed by atoms with Crippen molar-refractivity contribution in [2.75, 3.05) is 10.6 Å². The van der Waals surface area contributed by atoms with Crippen LogP contribution in [0.15, 0.2) is 55.2 Å². The quantitative estimate of drug-likeness (QED) is 0.374. The molecule has 0 saturated heterocycles. The molecule has 9 nitrogen and oxygen atoms in total. The summed E-state index contributed by atoms with van der Waals surface area (Å²) in [6, 6.07) is 7.22. The zero-order chi connectivity index (χ0) is 22.5. The van der Waals surface area contributed by atoms with Crippen LogP contribution in [0.4, 0.5) is 11.4 Å². The summed E-state index contributed by atoms with van der Waals surface area (Å²) in [6.45, 7) is 5.88. The van der Waals surface area contributed by atoms with Gasteiger partial charge in [-0.3, -0.25) is 9.36 Å². The first-order valence-corrected chi connectivity index (χ1v) is 10.8. The van der Waals surface area contributed by atoms with Crippen LogP contribution in [-0.2, 0) is 19.8 Å². The van der Waals surface area contributed by atoms with Crippen molar-refractivity contribution < 1.29 is 4.74 Å². The van der Waals surface area contributed by atoms with Crippen molar-refractivity contribution in [2.24, 2.45) is 0 Å². The number of hydrogen-bond donors (Lipinski definition) is 2. The van der Waals surface area contributed by atoms with E-state index in [0.717, 1.165) is 29.2 Å². The summed E-state index contributed by atoms with van der Waals surface area (Å²) in [5.41, 5.74) is 3.81. The van der Waals surface area contributed by atoms with Gasteiger partial charge in [0.05, 0.1) is 42.7 Å². The number of benzene rings is 1. The molecule has 4 rings (SSSR count). The van der Waals surface area contributed by atoms with Crippen LogP contribution in [0.1, 0.15) is 18.2 Å². The third-order valence-corrected chi connectivity index (χ3v) is 5.22. The van der Waals surface area contributed by atoms with Crippen LogP contribution in [0.25, 0.3) is 0 Å². The van der Waals surface area contributed by atoms with E-state index in [-0.39, 0.29) is 6.73 Å². The predicted octanol–water partition coefficient (Wildman–Crippen LogP) is 4.15. The minimum atomic E-state index is 0.253. The van der Waals surface area contributed by atoms with Crippen molar-refractivity contribution in [3.05, 3.63) is 71.5 Å². The molecular formula is C21H23ClN8OS. The van der Waals surface area contributed by atoms with Crippen LogP contribution < -0.4 is 15.4 Å². The molecule has 32 heavy (non-hydrogen) atoms. The van der Waals surface area contributed by atoms with E-state index >= 15 is 0 Å². The number of anilines is 2. The number of aryl methyl sites for hydroxylation is 1. The van der Waals surface area contributed by atoms with Gasteiger partial charge in [-0.15, -0.1) is 0 Å². The molecule has 4 aromatic rings. The topological polar surface area (TPSA) is 86.8 Å². The Kier molecular flexibility index (Phi) is 6.72. The van der Waals surface area contributed by atoms with Crippen molar-refractivity contribution in [2.45, 2.75) is 33.7 Å². The number of nitrogens with zero attached hydrogens (tertiary/aromatic N) is 6. The predicted molar refractivity (Wildman–Crippen MR) is 128 cm³/mol. The highest BCUT2D eigenvalue weighted by Crippen LogP contribution is 2.18. The van der Waals surface area contributed by atoms with Crippen molar-refractivity contribution in [1.29, 1.82) is 0 Å². The van der Waals surface area contributed by atoms with Crippen LogP contribution in [-0.4, -0.2) is 34.5 Å². The highest BCUT2D eigenvalue weighted by atomic mass is 35.5. The van der Waals surface area contributed by atoms with E-state index < -0.39 is 0 Å². The molecule has 0 atom stereocenters. The van der Waals surface area contributed by atoms with Gasteiger partial charge in [0.15, 0.2) is 11.8 Å². The number of rotatable bonds is 8. The molecule has 0 fully saturated rings. The second-order valence-corrected chi connectivity index (χ2v) is 7.92. The Morgan fingerprint density at radius 2 is 1.78 bits per heavy atom. The molecule has 0 aliphatic heterocycles. The monoisotopic (exact) mass is 470 g/mol. The molecule has 0 aliphatic rings. The van der Waals surface area contributed by atoms with E-state index in [1.807, 2.05) is 33.9 Å². The summed E-state index contributed by atoms with van der Waals surface area (Å²) in [7, 11) is 0. The summed E-state index contributed by atoms with van der Waals surface area (Å²) in [4.78, 5) is 0. The molecule has 0 amide bonds. The average Bonchev–Trinajstić information content (AvgIpc) is 3.48. The molecule has 11 heteroatoms. The number of hydrogen-bond acceptors (Lipinski definition) is 5. The third-order valence-electron chi connectivity index (χ3n) is 4.78. The summed E-state index contributed by atoms with van der Waals surface area (Å²) < 4.78 is 11.2. The van der Waals surface area contributed by atoms with Crippen molar-refractivity contribution >= 4 is 40.3 Å². The lowest BCUT2D eigenvalue weighted by molar-refractivity contribution is 0.221. The number of halogens is 1. The highest BCUT2D eigenvalue weighted by molar-refractivity contribution is 7.80. The molecule has 1 aromatic carbocycles. The van der Waals surface area contributed by atoms with Gasteiger partial charge in [-0.2, -0.15) is 15.3 Å². The van der Waals surface area contributed by atoms with Gasteiger partial charge in [-0.05, 0) is 44.3 Å². The fraction of sp³-hybridized carbons (Fsp3) is 0.238. The first-order chi connectivity index (χ1) is 15.5. The molecule has 0 aliphatic carbocycles. The van der Waals surface area contributed by atoms with Gasteiger partial charge in [-0.25, -0.2) is 4.68 Å². The fourth-order valence-electron chi connectivity index (χ4n) is 3.14. The minimum absolute atomic E-state index is 0.253. The molecule has 3 aromatic heterocycles. The van der Waals surface area contributed by atoms with Gasteiger partial charge in [-0.1, -0.05) is 17.7 Å². The zero-order valence-corrected chi connectivity index (χ0v) is 19.3. The third kappa shape index (κ3) is 5.45. The van der Waals surface area contributed by atoms with Gasteiger partial charge in [0.25, 0.3) is 0 Å². The lowest BCUT2D eigenvalue weighted by atomic mass is 10.2. The number of aromatic nitrogens is 6. The molecule has 0 radical (unpaired) electrons. The Labute approximate surface area is 195 Å². The van der Waals surface area contributed by atoms with Crippen LogP contribution in [0.3, 0.4) is 0 Å². The molecule has 0 spiro atoms. The van der Waals surface area contributed by atoms with Crippen LogP contribution in [0, 0.1) is 6.92 Å². The van der Waals surface area contributed by atoms with Crippen LogP contribution >= 0.6 is 23.8 Å². The van der Waals surface area contributed by atoms with E-state index in [1.165, 1.54) is 0 Å². The number of ether oxygens (including phenoxy) is 1. The summed E-state index contributed by atoms with van der Waals surface area (Å²) >= 11 is 11.4. The Balaban J connectivity index is 1.28. The summed E-state index contributed by atoms with van der Waals surface area (Å²) in [6.07, 6.45) is 8.99. The number of thiocarbonyl (C=S) groups is 1. The maximum Gasteiger partial charge on any atom is 0.180 e. The molecule has 3 heterocycles. The maximum absolute atomic E-state index is 5.97. The van der Waals surface area contributed by atoms with E-state index in [1.54, 1.807) is 35.4 Å². The Hall–Kier alpha value is -3.37. The Morgan fingerprint density at radius 3 is 2.47 bits per heavy atom. The summed E-state index contributed by atoms with van der Waals surface area (Å²) in [5, 5.41) is 20.3. The second-order valence-electron chi connectivity index (χ2n) is 7.08. The largest absolute Gasteiger partial charge is 0.471 e. The van der Waals surface area contributed by atoms with E-state index in [4.69, 9.17) is 28.6 Å². The maximum atomic E-state index is 5.97. The van der Waals surface area contributed by atoms with Crippen molar-refractivity contribution in [1.82, 2.24) is 29.3 Å². The van der Waals surface area contributed by atoms with Crippen LogP contribution in [0.5, 0.6) is 5.75 Å². The Bertz CT molecular complexity index is 1210. The van der Waals surface area contributed by atoms with E-state index in [9.17, 15) is 0 Å². The van der Waals surface area contributed by atoms with Gasteiger partial charge in [0, 0.05) is 29.0 Å². The number of nitrogens with one attached hydrogen (secondary N) is 2. The molecular weight excluding hydrogens is 448 g/mol. The van der Waals surface area contributed by atoms with Crippen LogP contribution in [0.2, 0.25) is 5.02 Å². The minimum Gasteiger partial charge on any atom is -0.471 e. The Morgan fingerprint density at radius 1 is 1.06 bits per heavy atom. The standard InChI is InChI=1S/C21H23ClN8OS/c1-3-30-15(2)16(8-25-30)11-28-12-18(9-23-28)26-21(32)27-19-10-24-29(13-19)14-31-20-6-4-5-17(22)7-20/h4-10,12-13H,3,11,14H2,1-2H3,(H2,26,27,32). The van der Waals surface area contributed by atoms with Gasteiger partial charge < -0.3 is 15.4 Å². The molecule has 0 bridgehead atoms. The van der Waals surface area contributed by atoms with Gasteiger partial charge in [0.2, 0.25) is 0 Å². The van der Waals surface area contributed by atoms with Crippen molar-refractivity contribution in [3.63, 3.8) is 0 Å². The molecule has 2 N–H and O–H groups in total. The lowest BCUT2D eigenvalue weighted by Gasteiger charge is -2.07. The van der Waals surface area contributed by atoms with E-state index in [2.05, 4.69) is 39.8 Å². The molecule has 0 unspecified atom stereocenters. The molecule has 166 valence electrons. The fourth-order valence-corrected chi connectivity index (χ4v) is 3.55. The normalized spacial score (nSPS) is 10.8. The van der Waals surface area contributed by atoms with Gasteiger partial charge >= 0.3 is 0 Å². The van der Waals surface area contributed by atoms with Gasteiger partial charge in [0.1, 0.15) is 5.75 Å². The molecule has 0 saturated carbocycles. The first-order valence-electron chi connectivity index (χ1n) is 10.0. The summed E-state index contributed by atoms with van der Waals surface area (Å²) in [5.74, 6) is 0.675. The average molecular weight is 471 g/mol. The zero-order valence-electron chi connectivity index (χ0n) is 17.7. The SMILES string of the molecule is CCn1ncc(Cn2cc(NC(=S)Nc3cnn(COc4cccc(Cl)c4)c3)cn2)c1C. The first kappa shape index (κ1) is 21.8. The van der Waals surface area contributed by atoms with Crippen molar-refractivity contribution in [3.8, 4) is 5.75 Å². The van der Waals surface area contributed by atoms with E-state index in [0.29, 0.717) is 22.4 Å². The smallest absolute Gasteiger partial charge is 0.180 e. The highest BCUT2D eigenvalue weighted by Gasteiger charge is 2.08. The second kappa shape index (κ2) is 9.84.